The summed E-state index contributed by atoms with van der Waals surface area (Å²) in [5.41, 5.74) is 7.76. The molecule has 14 heteroatoms. The molecule has 3 aliphatic carbocycles. The zero-order valence-corrected chi connectivity index (χ0v) is 28.5. The zero-order chi connectivity index (χ0) is 36.3. The van der Waals surface area contributed by atoms with Gasteiger partial charge in [0.25, 0.3) is 44.5 Å². The summed E-state index contributed by atoms with van der Waals surface area (Å²) in [5.74, 6) is 0. The van der Waals surface area contributed by atoms with E-state index >= 15 is 0 Å². The van der Waals surface area contributed by atoms with Crippen LogP contribution < -0.4 is 55.9 Å². The Kier molecular flexibility index (Phi) is 7.39. The van der Waals surface area contributed by atoms with Crippen LogP contribution in [0.15, 0.2) is 62.6 Å². The van der Waals surface area contributed by atoms with Crippen LogP contribution in [0.5, 0.6) is 0 Å². The van der Waals surface area contributed by atoms with Gasteiger partial charge in [-0.3, -0.25) is 56.6 Å². The van der Waals surface area contributed by atoms with Crippen molar-refractivity contribution in [3.8, 4) is 0 Å². The van der Waals surface area contributed by atoms with Crippen molar-refractivity contribution in [3.63, 3.8) is 0 Å². The van der Waals surface area contributed by atoms with Crippen LogP contribution in [0.1, 0.15) is 101 Å². The number of nitrogens with two attached hydrogens (primary N) is 2. The Labute approximate surface area is 292 Å². The molecule has 0 bridgehead atoms. The third-order valence-electron chi connectivity index (χ3n) is 12.5. The van der Waals surface area contributed by atoms with Gasteiger partial charge in [0.15, 0.2) is 0 Å². The minimum Gasteiger partial charge on any atom is -0.326 e. The fraction of sp³-hybridized carbons (Fsp3) is 0.474. The molecular formula is C38H38N6O8. The van der Waals surface area contributed by atoms with E-state index in [0.29, 0.717) is 51.4 Å². The standard InChI is InChI=1S/C38H38N6O8/c39-25-7-1-3-9-27(25)41-31(45)17-13-21-22(14-18(17)32(41)46)36(50)43(35(21)49)29-11-5-6-12-30(29)44-37(51)23-15-19-20(16-24(23)38(44)52)34(48)42(33(19)47)28-10-4-2-8-26(28)40/h13-16,25-30H,1-12,39-40H2/t25-,26-,27-,28-,29-,30-/m0/s1. The normalized spacial score (nSPS) is 26.0. The topological polar surface area (TPSA) is 208 Å². The van der Waals surface area contributed by atoms with Gasteiger partial charge in [-0.2, -0.15) is 0 Å². The van der Waals surface area contributed by atoms with Crippen molar-refractivity contribution in [2.45, 2.75) is 113 Å². The fourth-order valence-corrected chi connectivity index (χ4v) is 9.84. The summed E-state index contributed by atoms with van der Waals surface area (Å²) < 4.78 is 4.48. The second kappa shape index (κ2) is 11.7. The quantitative estimate of drug-likeness (QED) is 0.269. The first-order valence-corrected chi connectivity index (χ1v) is 18.4. The van der Waals surface area contributed by atoms with Crippen molar-refractivity contribution in [2.24, 2.45) is 11.5 Å². The molecule has 9 rings (SSSR count). The molecule has 4 aromatic heterocycles. The van der Waals surface area contributed by atoms with Gasteiger partial charge in [0.2, 0.25) is 0 Å². The minimum atomic E-state index is -0.875. The highest BCUT2D eigenvalue weighted by Crippen LogP contribution is 2.36. The number of rotatable bonds is 4. The molecule has 3 saturated carbocycles. The van der Waals surface area contributed by atoms with E-state index in [-0.39, 0.29) is 55.2 Å². The lowest BCUT2D eigenvalue weighted by molar-refractivity contribution is 0.229. The van der Waals surface area contributed by atoms with Crippen LogP contribution in [-0.4, -0.2) is 30.4 Å². The van der Waals surface area contributed by atoms with Crippen LogP contribution in [0.2, 0.25) is 0 Å². The first kappa shape index (κ1) is 32.8. The lowest BCUT2D eigenvalue weighted by atomic mass is 9.90. The summed E-state index contributed by atoms with van der Waals surface area (Å²) in [6.45, 7) is 0. The average Bonchev–Trinajstić information content (AvgIpc) is 3.73. The van der Waals surface area contributed by atoms with Crippen molar-refractivity contribution in [3.05, 3.63) is 107 Å². The highest BCUT2D eigenvalue weighted by molar-refractivity contribution is 5.99. The Morgan fingerprint density at radius 1 is 0.327 bits per heavy atom. The maximum absolute atomic E-state index is 14.1. The Hall–Kier alpha value is -5.08. The van der Waals surface area contributed by atoms with E-state index in [1.807, 2.05) is 0 Å². The Bertz CT molecular complexity index is 2560. The second-order valence-electron chi connectivity index (χ2n) is 15.3. The van der Waals surface area contributed by atoms with E-state index in [4.69, 9.17) is 11.5 Å². The molecule has 0 radical (unpaired) electrons. The predicted octanol–water partition coefficient (Wildman–Crippen LogP) is 1.38. The van der Waals surface area contributed by atoms with Gasteiger partial charge < -0.3 is 11.5 Å². The zero-order valence-electron chi connectivity index (χ0n) is 28.5. The maximum atomic E-state index is 14.1. The molecule has 6 aromatic rings. The molecule has 6 atom stereocenters. The highest BCUT2D eigenvalue weighted by atomic mass is 16.2. The van der Waals surface area contributed by atoms with E-state index < -0.39 is 68.6 Å². The van der Waals surface area contributed by atoms with E-state index in [1.165, 1.54) is 33.4 Å². The van der Waals surface area contributed by atoms with Gasteiger partial charge in [-0.1, -0.05) is 38.5 Å². The summed E-state index contributed by atoms with van der Waals surface area (Å²) in [7, 11) is 0. The smallest absolute Gasteiger partial charge is 0.261 e. The molecule has 0 spiro atoms. The van der Waals surface area contributed by atoms with Crippen LogP contribution in [-0.2, 0) is 0 Å². The molecule has 0 saturated heterocycles. The Morgan fingerprint density at radius 2 is 0.519 bits per heavy atom. The van der Waals surface area contributed by atoms with Crippen molar-refractivity contribution in [1.29, 1.82) is 0 Å². The van der Waals surface area contributed by atoms with Crippen LogP contribution >= 0.6 is 0 Å². The van der Waals surface area contributed by atoms with Crippen molar-refractivity contribution in [1.82, 2.24) is 18.3 Å². The molecular weight excluding hydrogens is 668 g/mol. The van der Waals surface area contributed by atoms with E-state index in [9.17, 15) is 38.4 Å². The van der Waals surface area contributed by atoms with Crippen LogP contribution in [0.25, 0.3) is 43.1 Å². The van der Waals surface area contributed by atoms with Gasteiger partial charge in [-0.05, 0) is 62.8 Å². The molecule has 14 nitrogen and oxygen atoms in total. The third kappa shape index (κ3) is 4.43. The molecule has 0 unspecified atom stereocenters. The van der Waals surface area contributed by atoms with Crippen LogP contribution in [0.3, 0.4) is 0 Å². The van der Waals surface area contributed by atoms with Crippen molar-refractivity contribution < 1.29 is 0 Å². The van der Waals surface area contributed by atoms with Gasteiger partial charge in [-0.15, -0.1) is 0 Å². The summed E-state index contributed by atoms with van der Waals surface area (Å²) in [5, 5.41) is 0.142. The largest absolute Gasteiger partial charge is 0.326 e. The maximum Gasteiger partial charge on any atom is 0.261 e. The molecule has 3 aliphatic rings. The van der Waals surface area contributed by atoms with Crippen molar-refractivity contribution in [2.75, 3.05) is 0 Å². The number of nitrogens with zero attached hydrogens (tertiary/aromatic N) is 4. The summed E-state index contributed by atoms with van der Waals surface area (Å²) in [6.07, 6.45) is 7.90. The molecule has 0 amide bonds. The monoisotopic (exact) mass is 706 g/mol. The van der Waals surface area contributed by atoms with Crippen LogP contribution in [0.4, 0.5) is 0 Å². The number of hydrogen-bond donors (Lipinski definition) is 2. The van der Waals surface area contributed by atoms with E-state index in [2.05, 4.69) is 0 Å². The van der Waals surface area contributed by atoms with Gasteiger partial charge >= 0.3 is 0 Å². The summed E-state index contributed by atoms with van der Waals surface area (Å²) in [6, 6.07) is 1.88. The summed E-state index contributed by atoms with van der Waals surface area (Å²) >= 11 is 0. The number of fused-ring (bicyclic) bond motifs is 4. The predicted molar refractivity (Wildman–Crippen MR) is 197 cm³/mol. The SMILES string of the molecule is N[C@H]1CCCC[C@@H]1n1c(=O)c2cc3c(=O)n([C@H]4CCCC[C@@H]4n4c(=O)c5cc6c(=O)n([C@H]7CCCC[C@@H]7N)c(=O)c6cc5c4=O)c(=O)c3cc2c1=O. The molecule has 4 heterocycles. The summed E-state index contributed by atoms with van der Waals surface area (Å²) in [4.78, 5) is 111. The molecule has 2 aromatic carbocycles. The molecule has 3 fully saturated rings. The number of benzene rings is 2. The van der Waals surface area contributed by atoms with Gasteiger partial charge in [0.1, 0.15) is 0 Å². The number of aromatic nitrogens is 4. The van der Waals surface area contributed by atoms with Crippen molar-refractivity contribution >= 4 is 43.1 Å². The van der Waals surface area contributed by atoms with E-state index in [1.54, 1.807) is 0 Å². The Balaban J connectivity index is 1.17. The Morgan fingerprint density at radius 3 is 0.750 bits per heavy atom. The molecule has 52 heavy (non-hydrogen) atoms. The van der Waals surface area contributed by atoms with Gasteiger partial charge in [0.05, 0.1) is 67.3 Å². The molecule has 268 valence electrons. The van der Waals surface area contributed by atoms with Crippen LogP contribution in [0, 0.1) is 0 Å². The fourth-order valence-electron chi connectivity index (χ4n) is 9.84. The lowest BCUT2D eigenvalue weighted by Crippen LogP contribution is -2.42. The van der Waals surface area contributed by atoms with E-state index in [0.717, 1.165) is 34.8 Å². The first-order valence-electron chi connectivity index (χ1n) is 18.4. The highest BCUT2D eigenvalue weighted by Gasteiger charge is 2.36. The third-order valence-corrected chi connectivity index (χ3v) is 12.5. The lowest BCUT2D eigenvalue weighted by Gasteiger charge is -2.31. The number of hydrogen-bond acceptors (Lipinski definition) is 10. The first-order chi connectivity index (χ1) is 25.0. The minimum absolute atomic E-state index is 0.0120. The average molecular weight is 707 g/mol. The molecule has 0 aliphatic heterocycles. The van der Waals surface area contributed by atoms with Gasteiger partial charge in [-0.25, -0.2) is 0 Å². The molecule has 4 N–H and O–H groups in total. The second-order valence-corrected chi connectivity index (χ2v) is 15.3. The van der Waals surface area contributed by atoms with Gasteiger partial charge in [0, 0.05) is 12.1 Å².